The van der Waals surface area contributed by atoms with E-state index in [9.17, 15) is 24.8 Å². The monoisotopic (exact) mass is 270 g/mol. The molecule has 1 amide bonds. The average Bonchev–Trinajstić information content (AvgIpc) is 2.60. The molecule has 18 heavy (non-hydrogen) atoms. The third-order valence-electron chi connectivity index (χ3n) is 2.52. The molecule has 1 heterocycles. The van der Waals surface area contributed by atoms with Gasteiger partial charge in [-0.3, -0.25) is 19.7 Å². The number of aromatic hydroxyl groups is 1. The highest BCUT2D eigenvalue weighted by atomic mass is 35.5. The van der Waals surface area contributed by atoms with Crippen LogP contribution in [0.3, 0.4) is 0 Å². The molecule has 1 aliphatic rings. The standard InChI is InChI=1S/C10H7ClN2O5/c11-6-2-8(9(15)3-7(6)13(17)18)12-4-5(14)1-10(12)16/h2-3,15H,1,4H2. The van der Waals surface area contributed by atoms with Gasteiger partial charge in [0.2, 0.25) is 5.91 Å². The minimum atomic E-state index is -0.747. The molecule has 0 atom stereocenters. The summed E-state index contributed by atoms with van der Waals surface area (Å²) in [5.41, 5.74) is -0.461. The van der Waals surface area contributed by atoms with Gasteiger partial charge in [-0.2, -0.15) is 0 Å². The summed E-state index contributed by atoms with van der Waals surface area (Å²) >= 11 is 5.68. The first-order valence-corrected chi connectivity index (χ1v) is 5.27. The van der Waals surface area contributed by atoms with E-state index in [1.807, 2.05) is 0 Å². The highest BCUT2D eigenvalue weighted by Gasteiger charge is 2.31. The van der Waals surface area contributed by atoms with E-state index in [2.05, 4.69) is 0 Å². The lowest BCUT2D eigenvalue weighted by Crippen LogP contribution is -2.24. The predicted molar refractivity (Wildman–Crippen MR) is 61.7 cm³/mol. The van der Waals surface area contributed by atoms with E-state index in [0.29, 0.717) is 0 Å². The van der Waals surface area contributed by atoms with Crippen LogP contribution in [0.15, 0.2) is 12.1 Å². The number of hydrogen-bond acceptors (Lipinski definition) is 5. The van der Waals surface area contributed by atoms with Crippen LogP contribution in [0.5, 0.6) is 5.75 Å². The maximum Gasteiger partial charge on any atom is 0.291 e. The van der Waals surface area contributed by atoms with E-state index in [1.54, 1.807) is 0 Å². The molecule has 0 aliphatic carbocycles. The number of halogens is 1. The van der Waals surface area contributed by atoms with Crippen LogP contribution in [0.1, 0.15) is 6.42 Å². The van der Waals surface area contributed by atoms with Crippen molar-refractivity contribution < 1.29 is 19.6 Å². The zero-order chi connectivity index (χ0) is 13.4. The van der Waals surface area contributed by atoms with E-state index in [1.165, 1.54) is 0 Å². The molecular weight excluding hydrogens is 264 g/mol. The Labute approximate surface area is 106 Å². The number of carbonyl (C=O) groups is 2. The molecule has 1 N–H and O–H groups in total. The van der Waals surface area contributed by atoms with E-state index < -0.39 is 22.3 Å². The lowest BCUT2D eigenvalue weighted by Gasteiger charge is -2.16. The molecular formula is C10H7ClN2O5. The topological polar surface area (TPSA) is 101 Å². The summed E-state index contributed by atoms with van der Waals surface area (Å²) in [6, 6.07) is 1.96. The van der Waals surface area contributed by atoms with Crippen LogP contribution in [-0.4, -0.2) is 28.3 Å². The third kappa shape index (κ3) is 2.00. The number of nitrogens with zero attached hydrogens (tertiary/aromatic N) is 2. The van der Waals surface area contributed by atoms with Crippen LogP contribution < -0.4 is 4.90 Å². The fourth-order valence-corrected chi connectivity index (χ4v) is 1.93. The zero-order valence-corrected chi connectivity index (χ0v) is 9.68. The Morgan fingerprint density at radius 2 is 2.06 bits per heavy atom. The predicted octanol–water partition coefficient (Wildman–Crippen LogP) is 1.26. The number of phenolic OH excluding ortho intramolecular Hbond substituents is 1. The van der Waals surface area contributed by atoms with Gasteiger partial charge in [0.05, 0.1) is 29.6 Å². The van der Waals surface area contributed by atoms with Crippen LogP contribution in [0.2, 0.25) is 5.02 Å². The summed E-state index contributed by atoms with van der Waals surface area (Å²) in [7, 11) is 0. The number of nitro groups is 1. The van der Waals surface area contributed by atoms with Gasteiger partial charge >= 0.3 is 0 Å². The Kier molecular flexibility index (Phi) is 2.92. The molecule has 94 valence electrons. The molecule has 1 aromatic carbocycles. The van der Waals surface area contributed by atoms with Gasteiger partial charge in [-0.1, -0.05) is 11.6 Å². The minimum Gasteiger partial charge on any atom is -0.505 e. The molecule has 1 aromatic rings. The lowest BCUT2D eigenvalue weighted by atomic mass is 10.2. The fraction of sp³-hybridized carbons (Fsp3) is 0.200. The van der Waals surface area contributed by atoms with Crippen molar-refractivity contribution in [2.75, 3.05) is 11.4 Å². The SMILES string of the molecule is O=C1CC(=O)N(c2cc(Cl)c([N+](=O)[O-])cc2O)C1. The van der Waals surface area contributed by atoms with Gasteiger partial charge in [0, 0.05) is 0 Å². The first kappa shape index (κ1) is 12.3. The molecule has 0 bridgehead atoms. The van der Waals surface area contributed by atoms with E-state index in [-0.39, 0.29) is 29.5 Å². The van der Waals surface area contributed by atoms with Gasteiger partial charge in [-0.05, 0) is 6.07 Å². The molecule has 0 unspecified atom stereocenters. The van der Waals surface area contributed by atoms with Gasteiger partial charge in [0.25, 0.3) is 5.69 Å². The fourth-order valence-electron chi connectivity index (χ4n) is 1.70. The number of benzene rings is 1. The lowest BCUT2D eigenvalue weighted by molar-refractivity contribution is -0.384. The van der Waals surface area contributed by atoms with Crippen molar-refractivity contribution >= 4 is 34.7 Å². The number of hydrogen-bond donors (Lipinski definition) is 1. The van der Waals surface area contributed by atoms with Gasteiger partial charge in [-0.15, -0.1) is 0 Å². The van der Waals surface area contributed by atoms with E-state index >= 15 is 0 Å². The van der Waals surface area contributed by atoms with E-state index in [0.717, 1.165) is 17.0 Å². The molecule has 1 fully saturated rings. The average molecular weight is 271 g/mol. The Bertz CT molecular complexity index is 572. The summed E-state index contributed by atoms with van der Waals surface area (Å²) in [4.78, 5) is 33.5. The van der Waals surface area contributed by atoms with Crippen molar-refractivity contribution in [3.05, 3.63) is 27.3 Å². The number of phenols is 1. The highest BCUT2D eigenvalue weighted by molar-refractivity contribution is 6.33. The van der Waals surface area contributed by atoms with Crippen molar-refractivity contribution in [2.45, 2.75) is 6.42 Å². The Balaban J connectivity index is 2.47. The molecule has 1 saturated heterocycles. The third-order valence-corrected chi connectivity index (χ3v) is 2.82. The van der Waals surface area contributed by atoms with Gasteiger partial charge < -0.3 is 10.0 Å². The number of nitro benzene ring substituents is 1. The number of rotatable bonds is 2. The second-order valence-electron chi connectivity index (χ2n) is 3.74. The van der Waals surface area contributed by atoms with Crippen LogP contribution in [0.25, 0.3) is 0 Å². The number of Topliss-reactive ketones (excluding diaryl/α,β-unsaturated/α-hetero) is 1. The Morgan fingerprint density at radius 1 is 1.39 bits per heavy atom. The van der Waals surface area contributed by atoms with Gasteiger partial charge in [0.1, 0.15) is 10.8 Å². The minimum absolute atomic E-state index is 0.00134. The molecule has 0 radical (unpaired) electrons. The second kappa shape index (κ2) is 4.26. The summed E-state index contributed by atoms with van der Waals surface area (Å²) in [5.74, 6) is -1.22. The van der Waals surface area contributed by atoms with Crippen LogP contribution in [0, 0.1) is 10.1 Å². The zero-order valence-electron chi connectivity index (χ0n) is 8.92. The van der Waals surface area contributed by atoms with Gasteiger partial charge in [0.15, 0.2) is 5.78 Å². The quantitative estimate of drug-likeness (QED) is 0.495. The van der Waals surface area contributed by atoms with Crippen LogP contribution in [0.4, 0.5) is 11.4 Å². The highest BCUT2D eigenvalue weighted by Crippen LogP contribution is 2.38. The van der Waals surface area contributed by atoms with Crippen molar-refractivity contribution in [2.24, 2.45) is 0 Å². The largest absolute Gasteiger partial charge is 0.505 e. The van der Waals surface area contributed by atoms with Crippen LogP contribution in [-0.2, 0) is 9.59 Å². The molecule has 0 spiro atoms. The number of anilines is 1. The number of ketones is 1. The van der Waals surface area contributed by atoms with Crippen molar-refractivity contribution in [1.82, 2.24) is 0 Å². The maximum atomic E-state index is 11.5. The molecule has 2 rings (SSSR count). The summed E-state index contributed by atoms with van der Waals surface area (Å²) in [6.45, 7) is -0.166. The smallest absolute Gasteiger partial charge is 0.291 e. The first-order chi connectivity index (χ1) is 8.40. The summed E-state index contributed by atoms with van der Waals surface area (Å²) in [5, 5.41) is 20.1. The second-order valence-corrected chi connectivity index (χ2v) is 4.15. The molecule has 0 saturated carbocycles. The van der Waals surface area contributed by atoms with Crippen molar-refractivity contribution in [3.8, 4) is 5.75 Å². The summed E-state index contributed by atoms with van der Waals surface area (Å²) in [6.07, 6.45) is -0.242. The Hall–Kier alpha value is -2.15. The molecule has 0 aromatic heterocycles. The first-order valence-electron chi connectivity index (χ1n) is 4.89. The Morgan fingerprint density at radius 3 is 2.56 bits per heavy atom. The molecule has 1 aliphatic heterocycles. The summed E-state index contributed by atoms with van der Waals surface area (Å²) < 4.78 is 0. The number of amides is 1. The van der Waals surface area contributed by atoms with Crippen molar-refractivity contribution in [1.29, 1.82) is 0 Å². The maximum absolute atomic E-state index is 11.5. The molecule has 8 heteroatoms. The normalized spacial score (nSPS) is 15.3. The molecule has 7 nitrogen and oxygen atoms in total. The number of carbonyl (C=O) groups excluding carboxylic acids is 2. The van der Waals surface area contributed by atoms with E-state index in [4.69, 9.17) is 11.6 Å². The van der Waals surface area contributed by atoms with Crippen molar-refractivity contribution in [3.63, 3.8) is 0 Å². The van der Waals surface area contributed by atoms with Gasteiger partial charge in [-0.25, -0.2) is 0 Å². The van der Waals surface area contributed by atoms with Crippen LogP contribution >= 0.6 is 11.6 Å².